The van der Waals surface area contributed by atoms with Gasteiger partial charge in [-0.2, -0.15) is 0 Å². The zero-order valence-corrected chi connectivity index (χ0v) is 14.1. The lowest BCUT2D eigenvalue weighted by Gasteiger charge is -2.48. The van der Waals surface area contributed by atoms with E-state index in [2.05, 4.69) is 0 Å². The molecule has 1 amide bonds. The number of benzene rings is 1. The van der Waals surface area contributed by atoms with Gasteiger partial charge >= 0.3 is 0 Å². The molecule has 1 aromatic carbocycles. The minimum atomic E-state index is -0.883. The van der Waals surface area contributed by atoms with Crippen molar-refractivity contribution in [3.8, 4) is 5.75 Å². The predicted octanol–water partition coefficient (Wildman–Crippen LogP) is 2.36. The van der Waals surface area contributed by atoms with Crippen LogP contribution in [0.5, 0.6) is 5.75 Å². The first-order chi connectivity index (χ1) is 11.8. The van der Waals surface area contributed by atoms with Gasteiger partial charge in [-0.15, -0.1) is 0 Å². The van der Waals surface area contributed by atoms with Crippen LogP contribution in [0.25, 0.3) is 0 Å². The van der Waals surface area contributed by atoms with Crippen LogP contribution in [0.1, 0.15) is 44.7 Å². The average Bonchev–Trinajstić information content (AvgIpc) is 2.56. The van der Waals surface area contributed by atoms with E-state index < -0.39 is 22.7 Å². The molecule has 0 aliphatic carbocycles. The number of hydrogen-bond acceptors (Lipinski definition) is 6. The molecule has 2 unspecified atom stereocenters. The average molecular weight is 348 g/mol. The Morgan fingerprint density at radius 1 is 1.40 bits per heavy atom. The van der Waals surface area contributed by atoms with E-state index in [0.717, 1.165) is 12.8 Å². The summed E-state index contributed by atoms with van der Waals surface area (Å²) in [6.07, 6.45) is 1.29. The molecule has 25 heavy (non-hydrogen) atoms. The molecule has 0 bridgehead atoms. The minimum Gasteiger partial charge on any atom is -0.484 e. The minimum absolute atomic E-state index is 0.0501. The number of fused-ring (bicyclic) bond motifs is 1. The van der Waals surface area contributed by atoms with Crippen molar-refractivity contribution in [2.75, 3.05) is 6.54 Å². The molecule has 0 spiro atoms. The number of carbonyl (C=O) groups is 2. The Morgan fingerprint density at radius 3 is 2.80 bits per heavy atom. The Bertz CT molecular complexity index is 717. The largest absolute Gasteiger partial charge is 0.484 e. The third kappa shape index (κ3) is 3.04. The molecule has 3 rings (SSSR count). The van der Waals surface area contributed by atoms with Crippen LogP contribution in [-0.4, -0.2) is 40.5 Å². The maximum Gasteiger partial charge on any atom is 0.293 e. The molecule has 0 N–H and O–H groups in total. The lowest BCUT2D eigenvalue weighted by atomic mass is 9.84. The Kier molecular flexibility index (Phi) is 4.36. The van der Waals surface area contributed by atoms with Crippen molar-refractivity contribution in [1.29, 1.82) is 0 Å². The topological polar surface area (TPSA) is 99.0 Å². The van der Waals surface area contributed by atoms with Gasteiger partial charge in [-0.3, -0.25) is 19.7 Å². The smallest absolute Gasteiger partial charge is 0.293 e. The van der Waals surface area contributed by atoms with Gasteiger partial charge in [0.05, 0.1) is 4.92 Å². The molecule has 2 aliphatic rings. The molecule has 1 aromatic rings. The molecule has 1 fully saturated rings. The highest BCUT2D eigenvalue weighted by atomic mass is 16.6. The highest BCUT2D eigenvalue weighted by molar-refractivity contribution is 5.78. The maximum atomic E-state index is 12.5. The predicted molar refractivity (Wildman–Crippen MR) is 87.0 cm³/mol. The highest BCUT2D eigenvalue weighted by Gasteiger charge is 2.49. The van der Waals surface area contributed by atoms with Gasteiger partial charge in [0.1, 0.15) is 17.4 Å². The molecule has 8 nitrogen and oxygen atoms in total. The summed E-state index contributed by atoms with van der Waals surface area (Å²) in [5, 5.41) is 11.2. The molecule has 2 heterocycles. The number of likely N-dealkylation sites (tertiary alicyclic amines) is 1. The standard InChI is InChI=1S/C17H20N2O6/c1-17(2)16(24-10-20)15(18-8-4-3-5-14(18)21)12-9-11(19(22)23)6-7-13(12)25-17/h6-7,9-10,15-16H,3-5,8H2,1-2H3. The first-order valence-electron chi connectivity index (χ1n) is 8.21. The summed E-state index contributed by atoms with van der Waals surface area (Å²) in [7, 11) is 0. The summed E-state index contributed by atoms with van der Waals surface area (Å²) in [5.74, 6) is 0.413. The van der Waals surface area contributed by atoms with Crippen LogP contribution in [0.15, 0.2) is 18.2 Å². The van der Waals surface area contributed by atoms with Gasteiger partial charge in [0.15, 0.2) is 6.10 Å². The molecule has 134 valence electrons. The second-order valence-corrected chi connectivity index (χ2v) is 6.83. The molecular formula is C17H20N2O6. The lowest BCUT2D eigenvalue weighted by molar-refractivity contribution is -0.385. The molecule has 0 aromatic heterocycles. The number of non-ortho nitro benzene ring substituents is 1. The van der Waals surface area contributed by atoms with Gasteiger partial charge in [-0.25, -0.2) is 0 Å². The van der Waals surface area contributed by atoms with Gasteiger partial charge in [-0.1, -0.05) is 0 Å². The second kappa shape index (κ2) is 6.34. The van der Waals surface area contributed by atoms with Crippen molar-refractivity contribution in [3.05, 3.63) is 33.9 Å². The number of rotatable bonds is 4. The van der Waals surface area contributed by atoms with Gasteiger partial charge in [0.2, 0.25) is 5.91 Å². The van der Waals surface area contributed by atoms with E-state index in [0.29, 0.717) is 30.8 Å². The molecule has 2 atom stereocenters. The fourth-order valence-corrected chi connectivity index (χ4v) is 3.61. The van der Waals surface area contributed by atoms with Crippen LogP contribution in [0, 0.1) is 10.1 Å². The number of ether oxygens (including phenoxy) is 2. The fraction of sp³-hybridized carbons (Fsp3) is 0.529. The van der Waals surface area contributed by atoms with Crippen molar-refractivity contribution in [3.63, 3.8) is 0 Å². The van der Waals surface area contributed by atoms with Gasteiger partial charge in [0, 0.05) is 30.7 Å². The number of piperidine rings is 1. The normalized spacial score (nSPS) is 24.9. The van der Waals surface area contributed by atoms with Gasteiger partial charge in [0.25, 0.3) is 12.2 Å². The van der Waals surface area contributed by atoms with Crippen molar-refractivity contribution in [2.24, 2.45) is 0 Å². The number of amides is 1. The van der Waals surface area contributed by atoms with Crippen LogP contribution < -0.4 is 4.74 Å². The van der Waals surface area contributed by atoms with Crippen molar-refractivity contribution in [1.82, 2.24) is 4.90 Å². The first-order valence-corrected chi connectivity index (χ1v) is 8.21. The SMILES string of the molecule is CC1(C)Oc2ccc([N+](=O)[O-])cc2C(N2CCCCC2=O)C1OC=O. The summed E-state index contributed by atoms with van der Waals surface area (Å²) in [6.45, 7) is 4.39. The van der Waals surface area contributed by atoms with Crippen LogP contribution in [0.3, 0.4) is 0 Å². The number of carbonyl (C=O) groups excluding carboxylic acids is 2. The summed E-state index contributed by atoms with van der Waals surface area (Å²) < 4.78 is 11.2. The molecular weight excluding hydrogens is 328 g/mol. The third-order valence-electron chi connectivity index (χ3n) is 4.77. The first kappa shape index (κ1) is 17.2. The lowest BCUT2D eigenvalue weighted by Crippen LogP contribution is -2.56. The molecule has 0 radical (unpaired) electrons. The summed E-state index contributed by atoms with van der Waals surface area (Å²) in [5.41, 5.74) is -0.483. The number of hydrogen-bond donors (Lipinski definition) is 0. The van der Waals surface area contributed by atoms with Crippen molar-refractivity contribution < 1.29 is 24.0 Å². The van der Waals surface area contributed by atoms with E-state index in [9.17, 15) is 19.7 Å². The van der Waals surface area contributed by atoms with E-state index in [-0.39, 0.29) is 11.6 Å². The number of nitro groups is 1. The van der Waals surface area contributed by atoms with Crippen LogP contribution in [0.4, 0.5) is 5.69 Å². The Hall–Kier alpha value is -2.64. The van der Waals surface area contributed by atoms with Gasteiger partial charge < -0.3 is 14.4 Å². The Balaban J connectivity index is 2.14. The summed E-state index contributed by atoms with van der Waals surface area (Å²) in [4.78, 5) is 35.9. The van der Waals surface area contributed by atoms with Crippen LogP contribution >= 0.6 is 0 Å². The Labute approximate surface area is 144 Å². The molecule has 2 aliphatic heterocycles. The number of nitrogens with zero attached hydrogens (tertiary/aromatic N) is 2. The molecule has 0 saturated carbocycles. The maximum absolute atomic E-state index is 12.5. The van der Waals surface area contributed by atoms with Gasteiger partial charge in [-0.05, 0) is 32.8 Å². The monoisotopic (exact) mass is 348 g/mol. The zero-order valence-electron chi connectivity index (χ0n) is 14.1. The van der Waals surface area contributed by atoms with E-state index in [4.69, 9.17) is 9.47 Å². The van der Waals surface area contributed by atoms with Crippen LogP contribution in [0.2, 0.25) is 0 Å². The number of nitro benzene ring substituents is 1. The van der Waals surface area contributed by atoms with Crippen LogP contribution in [-0.2, 0) is 14.3 Å². The van der Waals surface area contributed by atoms with E-state index in [1.807, 2.05) is 0 Å². The third-order valence-corrected chi connectivity index (χ3v) is 4.77. The molecule has 1 saturated heterocycles. The summed E-state index contributed by atoms with van der Waals surface area (Å²) >= 11 is 0. The Morgan fingerprint density at radius 2 is 2.16 bits per heavy atom. The second-order valence-electron chi connectivity index (χ2n) is 6.83. The van der Waals surface area contributed by atoms with E-state index in [1.54, 1.807) is 18.7 Å². The van der Waals surface area contributed by atoms with Crippen molar-refractivity contribution >= 4 is 18.1 Å². The fourth-order valence-electron chi connectivity index (χ4n) is 3.61. The quantitative estimate of drug-likeness (QED) is 0.470. The highest BCUT2D eigenvalue weighted by Crippen LogP contribution is 2.46. The van der Waals surface area contributed by atoms with E-state index >= 15 is 0 Å². The molecule has 8 heteroatoms. The summed E-state index contributed by atoms with van der Waals surface area (Å²) in [6, 6.07) is 3.69. The zero-order chi connectivity index (χ0) is 18.2. The van der Waals surface area contributed by atoms with Crippen molar-refractivity contribution in [2.45, 2.75) is 50.9 Å². The van der Waals surface area contributed by atoms with E-state index in [1.165, 1.54) is 18.2 Å².